The second-order valence-electron chi connectivity index (χ2n) is 18.7. The molecule has 2 rings (SSSR count). The van der Waals surface area contributed by atoms with Crippen LogP contribution in [0.15, 0.2) is 4.99 Å². The van der Waals surface area contributed by atoms with Crippen LogP contribution in [0.4, 0.5) is 0 Å². The van der Waals surface area contributed by atoms with Crippen LogP contribution < -0.4 is 0 Å². The van der Waals surface area contributed by atoms with Crippen LogP contribution in [0.3, 0.4) is 0 Å². The van der Waals surface area contributed by atoms with E-state index in [-0.39, 0.29) is 32.7 Å². The summed E-state index contributed by atoms with van der Waals surface area (Å²) in [5.41, 5.74) is 0. The number of nitrogens with zero attached hydrogens (tertiary/aromatic N) is 5. The van der Waals surface area contributed by atoms with Gasteiger partial charge in [-0.25, -0.2) is 0 Å². The zero-order valence-electron chi connectivity index (χ0n) is 32.5. The van der Waals surface area contributed by atoms with Crippen LogP contribution in [-0.4, -0.2) is 71.7 Å². The number of hydrogen-bond donors (Lipinski definition) is 0. The van der Waals surface area contributed by atoms with Gasteiger partial charge in [0.1, 0.15) is 0 Å². The average molecular weight is 776 g/mol. The quantitative estimate of drug-likeness (QED) is 0.138. The third-order valence-corrected chi connectivity index (χ3v) is 24.5. The molecule has 5 nitrogen and oxygen atoms in total. The van der Waals surface area contributed by atoms with Gasteiger partial charge in [-0.2, -0.15) is 0 Å². The maximum atomic E-state index is 5.31. The van der Waals surface area contributed by atoms with E-state index >= 15 is 0 Å². The SMILES string of the molecule is C[Si](C)(C)N(C(=NC1CCCCC1)[N-]C1CCCCC1)[Si](C)(C)C.C[Si](C)(C)[N-][Si](C)(C)C.C[Si](C)(C)[N-][Si](C)(C)C.[Y+3]. The Morgan fingerprint density at radius 2 is 0.791 bits per heavy atom. The smallest absolute Gasteiger partial charge is 0.668 e. The van der Waals surface area contributed by atoms with Gasteiger partial charge in [-0.05, 0) is 37.8 Å². The first-order valence-corrected chi connectivity index (χ1v) is 37.8. The van der Waals surface area contributed by atoms with Crippen molar-refractivity contribution in [3.8, 4) is 0 Å². The Hall–Kier alpha value is 1.60. The van der Waals surface area contributed by atoms with Crippen molar-refractivity contribution < 1.29 is 32.7 Å². The monoisotopic (exact) mass is 775 g/mol. The first-order valence-electron chi connectivity index (χ1n) is 17.2. The Balaban J connectivity index is 0. The molecule has 2 saturated carbocycles. The van der Waals surface area contributed by atoms with Crippen LogP contribution in [-0.2, 0) is 32.7 Å². The Bertz CT molecular complexity index is 711. The van der Waals surface area contributed by atoms with E-state index in [4.69, 9.17) is 19.6 Å². The van der Waals surface area contributed by atoms with Crippen molar-refractivity contribution in [1.29, 1.82) is 0 Å². The van der Waals surface area contributed by atoms with E-state index in [0.29, 0.717) is 12.1 Å². The van der Waals surface area contributed by atoms with Crippen molar-refractivity contribution in [2.24, 2.45) is 4.99 Å². The number of rotatable bonds is 8. The largest absolute Gasteiger partial charge is 3.00 e. The molecule has 0 radical (unpaired) electrons. The molecule has 12 heteroatoms. The minimum absolute atomic E-state index is 0. The van der Waals surface area contributed by atoms with E-state index in [1.165, 1.54) is 64.2 Å². The third kappa shape index (κ3) is 26.3. The van der Waals surface area contributed by atoms with Gasteiger partial charge >= 0.3 is 32.7 Å². The van der Waals surface area contributed by atoms with Gasteiger partial charge in [-0.3, -0.25) is 0 Å². The van der Waals surface area contributed by atoms with Gasteiger partial charge in [-0.1, -0.05) is 189 Å². The molecule has 0 heterocycles. The van der Waals surface area contributed by atoms with Gasteiger partial charge in [0.15, 0.2) is 0 Å². The van der Waals surface area contributed by atoms with Crippen molar-refractivity contribution >= 4 is 55.4 Å². The summed E-state index contributed by atoms with van der Waals surface area (Å²) in [6, 6.07) is 1.05. The number of guanidine groups is 1. The van der Waals surface area contributed by atoms with Crippen LogP contribution >= 0.6 is 0 Å². The molecule has 0 spiro atoms. The molecule has 2 fully saturated rings. The summed E-state index contributed by atoms with van der Waals surface area (Å²) in [6.07, 6.45) is 13.3. The first kappa shape index (κ1) is 46.7. The Morgan fingerprint density at radius 3 is 1.05 bits per heavy atom. The summed E-state index contributed by atoms with van der Waals surface area (Å²) < 4.78 is 12.4. The maximum Gasteiger partial charge on any atom is 3.00 e. The normalized spacial score (nSPS) is 18.4. The minimum Gasteiger partial charge on any atom is -0.668 e. The third-order valence-electron chi connectivity index (χ3n) is 6.63. The van der Waals surface area contributed by atoms with E-state index in [1.54, 1.807) is 0 Å². The number of hydrogen-bond acceptors (Lipinski definition) is 1. The van der Waals surface area contributed by atoms with Gasteiger partial charge < -0.3 is 23.8 Å². The topological polar surface area (TPSA) is 57.9 Å². The maximum absolute atomic E-state index is 5.31. The molecule has 43 heavy (non-hydrogen) atoms. The van der Waals surface area contributed by atoms with Crippen molar-refractivity contribution in [2.45, 2.75) is 194 Å². The molecule has 0 unspecified atom stereocenters. The van der Waals surface area contributed by atoms with Crippen LogP contribution in [0.2, 0.25) is 118 Å². The molecule has 0 aromatic carbocycles. The molecule has 0 amide bonds. The van der Waals surface area contributed by atoms with Crippen LogP contribution in [0, 0.1) is 0 Å². The van der Waals surface area contributed by atoms with Crippen LogP contribution in [0.5, 0.6) is 0 Å². The molecular weight excluding hydrogens is 700 g/mol. The van der Waals surface area contributed by atoms with E-state index in [0.717, 1.165) is 5.96 Å². The zero-order valence-corrected chi connectivity index (χ0v) is 41.4. The summed E-state index contributed by atoms with van der Waals surface area (Å²) in [4.78, 5) is 5.31. The van der Waals surface area contributed by atoms with Crippen molar-refractivity contribution in [3.63, 3.8) is 0 Å². The van der Waals surface area contributed by atoms with E-state index in [1.807, 2.05) is 0 Å². The van der Waals surface area contributed by atoms with Gasteiger partial charge in [0.05, 0.1) is 16.5 Å². The molecule has 0 aromatic heterocycles. The fraction of sp³-hybridized carbons (Fsp3) is 0.968. The predicted molar refractivity (Wildman–Crippen MR) is 213 cm³/mol. The molecule has 2 aliphatic carbocycles. The molecular formula is C31H76N5Si6Y. The Kier molecular flexibility index (Phi) is 21.2. The average Bonchev–Trinajstić information content (AvgIpc) is 2.68. The summed E-state index contributed by atoms with van der Waals surface area (Å²) in [6.45, 7) is 42.4. The fourth-order valence-electron chi connectivity index (χ4n) is 6.51. The molecule has 252 valence electrons. The summed E-state index contributed by atoms with van der Waals surface area (Å²) >= 11 is 0. The molecule has 2 aliphatic rings. The first-order chi connectivity index (χ1) is 18.6. The molecule has 0 atom stereocenters. The number of aliphatic imine (C=N–C) groups is 1. The second-order valence-corrected chi connectivity index (χ2v) is 47.9. The van der Waals surface area contributed by atoms with Crippen LogP contribution in [0.25, 0.3) is 14.6 Å². The minimum atomic E-state index is -1.48. The standard InChI is InChI=1S/C19H40N3Si2.2C6H18NSi2.Y/c1-23(2,3)22(24(4,5)6)19(20-17-13-9-7-10-14-17)21-18-15-11-8-12-16-18;2*1-8(2,3)7-9(4,5)6;/h17-18H,7-16H2,1-6H3;2*1-6H3;/q3*-1;+3. The van der Waals surface area contributed by atoms with E-state index < -0.39 is 49.4 Å². The van der Waals surface area contributed by atoms with Gasteiger partial charge in [-0.15, -0.1) is 0 Å². The van der Waals surface area contributed by atoms with Crippen molar-refractivity contribution in [2.75, 3.05) is 0 Å². The molecule has 0 aliphatic heterocycles. The second kappa shape index (κ2) is 19.6. The van der Waals surface area contributed by atoms with Crippen LogP contribution in [0.1, 0.15) is 64.2 Å². The molecule has 0 bridgehead atoms. The van der Waals surface area contributed by atoms with Gasteiger partial charge in [0.25, 0.3) is 0 Å². The molecule has 0 N–H and O–H groups in total. The molecule has 0 aromatic rings. The summed E-state index contributed by atoms with van der Waals surface area (Å²) in [7, 11) is -7.39. The summed E-state index contributed by atoms with van der Waals surface area (Å²) in [5.74, 6) is 1.16. The van der Waals surface area contributed by atoms with Crippen molar-refractivity contribution in [3.05, 3.63) is 14.6 Å². The van der Waals surface area contributed by atoms with E-state index in [9.17, 15) is 0 Å². The summed E-state index contributed by atoms with van der Waals surface area (Å²) in [5, 5.41) is 5.31. The van der Waals surface area contributed by atoms with E-state index in [2.05, 4.69) is 122 Å². The molecule has 0 saturated heterocycles. The zero-order chi connectivity index (χ0) is 33.2. The van der Waals surface area contributed by atoms with Gasteiger partial charge in [0, 0.05) is 5.96 Å². The van der Waals surface area contributed by atoms with Gasteiger partial charge in [0.2, 0.25) is 0 Å². The fourth-order valence-corrected chi connectivity index (χ4v) is 32.1. The Labute approximate surface area is 303 Å². The van der Waals surface area contributed by atoms with Crippen molar-refractivity contribution in [1.82, 2.24) is 4.23 Å². The predicted octanol–water partition coefficient (Wildman–Crippen LogP) is 12.4. The Morgan fingerprint density at radius 1 is 0.488 bits per heavy atom.